The van der Waals surface area contributed by atoms with Crippen LogP contribution in [0.3, 0.4) is 0 Å². The van der Waals surface area contributed by atoms with Crippen LogP contribution in [0.25, 0.3) is 0 Å². The maximum atomic E-state index is 11.1. The Labute approximate surface area is 72.7 Å². The number of cyclic esters (lactones) is 1. The van der Waals surface area contributed by atoms with Crippen molar-refractivity contribution in [2.24, 2.45) is 11.8 Å². The SMILES string of the molecule is CCC1OC(=O)C(C)[C@@H](O)[C@@H]1C. The minimum absolute atomic E-state index is 0.0581. The molecule has 3 nitrogen and oxygen atoms in total. The maximum Gasteiger partial charge on any atom is 0.311 e. The van der Waals surface area contributed by atoms with Gasteiger partial charge in [0.15, 0.2) is 0 Å². The van der Waals surface area contributed by atoms with Crippen molar-refractivity contribution in [1.82, 2.24) is 0 Å². The lowest BCUT2D eigenvalue weighted by atomic mass is 9.85. The summed E-state index contributed by atoms with van der Waals surface area (Å²) in [6.45, 7) is 5.58. The van der Waals surface area contributed by atoms with Crippen LogP contribution in [0.1, 0.15) is 27.2 Å². The van der Waals surface area contributed by atoms with E-state index < -0.39 is 6.10 Å². The Morgan fingerprint density at radius 2 is 2.08 bits per heavy atom. The summed E-state index contributed by atoms with van der Waals surface area (Å²) in [5.74, 6) is -0.585. The van der Waals surface area contributed by atoms with Gasteiger partial charge in [-0.25, -0.2) is 0 Å². The van der Waals surface area contributed by atoms with E-state index in [-0.39, 0.29) is 23.9 Å². The molecule has 3 heteroatoms. The smallest absolute Gasteiger partial charge is 0.311 e. The first kappa shape index (κ1) is 9.52. The van der Waals surface area contributed by atoms with Crippen molar-refractivity contribution in [3.8, 4) is 0 Å². The molecule has 1 N–H and O–H groups in total. The molecule has 0 saturated carbocycles. The van der Waals surface area contributed by atoms with E-state index >= 15 is 0 Å². The highest BCUT2D eigenvalue weighted by Crippen LogP contribution is 2.27. The molecule has 0 bridgehead atoms. The van der Waals surface area contributed by atoms with Gasteiger partial charge in [0.1, 0.15) is 6.10 Å². The molecule has 0 spiro atoms. The lowest BCUT2D eigenvalue weighted by Gasteiger charge is -2.35. The second kappa shape index (κ2) is 3.44. The Kier molecular flexibility index (Phi) is 2.73. The van der Waals surface area contributed by atoms with Crippen molar-refractivity contribution in [1.29, 1.82) is 0 Å². The maximum absolute atomic E-state index is 11.1. The molecule has 1 aliphatic heterocycles. The number of hydrogen-bond acceptors (Lipinski definition) is 3. The molecular formula is C9H16O3. The van der Waals surface area contributed by atoms with Crippen molar-refractivity contribution in [3.63, 3.8) is 0 Å². The molecule has 4 atom stereocenters. The zero-order chi connectivity index (χ0) is 9.30. The molecule has 1 saturated heterocycles. The third-order valence-corrected chi connectivity index (χ3v) is 2.68. The summed E-state index contributed by atoms with van der Waals surface area (Å²) in [6.07, 6.45) is 0.122. The Bertz CT molecular complexity index is 177. The molecule has 0 aromatic heterocycles. The standard InChI is InChI=1S/C9H16O3/c1-4-7-5(2)8(10)6(3)9(11)12-7/h5-8,10H,4H2,1-3H3/t5-,6?,7?,8+/m1/s1. The van der Waals surface area contributed by atoms with Crippen LogP contribution in [0.5, 0.6) is 0 Å². The summed E-state index contributed by atoms with van der Waals surface area (Å²) in [7, 11) is 0. The summed E-state index contributed by atoms with van der Waals surface area (Å²) in [5, 5.41) is 9.62. The van der Waals surface area contributed by atoms with Crippen molar-refractivity contribution >= 4 is 5.97 Å². The van der Waals surface area contributed by atoms with Gasteiger partial charge in [-0.05, 0) is 13.3 Å². The van der Waals surface area contributed by atoms with Gasteiger partial charge in [0.05, 0.1) is 12.0 Å². The summed E-state index contributed by atoms with van der Waals surface area (Å²) < 4.78 is 5.13. The lowest BCUT2D eigenvalue weighted by molar-refractivity contribution is -0.177. The summed E-state index contributed by atoms with van der Waals surface area (Å²) in [6, 6.07) is 0. The number of carbonyl (C=O) groups excluding carboxylic acids is 1. The van der Waals surface area contributed by atoms with Crippen LogP contribution in [0.2, 0.25) is 0 Å². The van der Waals surface area contributed by atoms with E-state index in [4.69, 9.17) is 4.74 Å². The zero-order valence-electron chi connectivity index (χ0n) is 7.78. The monoisotopic (exact) mass is 172 g/mol. The normalized spacial score (nSPS) is 42.5. The zero-order valence-corrected chi connectivity index (χ0v) is 7.78. The summed E-state index contributed by atoms with van der Waals surface area (Å²) >= 11 is 0. The highest BCUT2D eigenvalue weighted by molar-refractivity contribution is 5.73. The van der Waals surface area contributed by atoms with Crippen LogP contribution in [0.15, 0.2) is 0 Å². The fourth-order valence-electron chi connectivity index (χ4n) is 1.63. The van der Waals surface area contributed by atoms with Gasteiger partial charge in [0.2, 0.25) is 0 Å². The second-order valence-electron chi connectivity index (χ2n) is 3.52. The van der Waals surface area contributed by atoms with E-state index in [1.807, 2.05) is 13.8 Å². The fraction of sp³-hybridized carbons (Fsp3) is 0.889. The van der Waals surface area contributed by atoms with E-state index in [0.717, 1.165) is 6.42 Å². The Hall–Kier alpha value is -0.570. The van der Waals surface area contributed by atoms with Crippen LogP contribution in [-0.4, -0.2) is 23.3 Å². The first-order chi connectivity index (χ1) is 5.57. The molecule has 0 amide bonds. The largest absolute Gasteiger partial charge is 0.462 e. The highest BCUT2D eigenvalue weighted by atomic mass is 16.5. The number of rotatable bonds is 1. The number of aliphatic hydroxyl groups excluding tert-OH is 1. The fourth-order valence-corrected chi connectivity index (χ4v) is 1.63. The summed E-state index contributed by atoms with van der Waals surface area (Å²) in [5.41, 5.74) is 0. The van der Waals surface area contributed by atoms with Crippen LogP contribution >= 0.6 is 0 Å². The third kappa shape index (κ3) is 1.46. The number of ether oxygens (including phenoxy) is 1. The molecule has 12 heavy (non-hydrogen) atoms. The molecular weight excluding hydrogens is 156 g/mol. The van der Waals surface area contributed by atoms with Gasteiger partial charge < -0.3 is 9.84 Å². The van der Waals surface area contributed by atoms with Crippen molar-refractivity contribution < 1.29 is 14.6 Å². The Morgan fingerprint density at radius 1 is 1.50 bits per heavy atom. The van der Waals surface area contributed by atoms with E-state index in [2.05, 4.69) is 0 Å². The minimum Gasteiger partial charge on any atom is -0.462 e. The van der Waals surface area contributed by atoms with Gasteiger partial charge in [-0.15, -0.1) is 0 Å². The average Bonchev–Trinajstić information content (AvgIpc) is 2.08. The molecule has 0 aromatic rings. The van der Waals surface area contributed by atoms with Gasteiger partial charge in [-0.2, -0.15) is 0 Å². The van der Waals surface area contributed by atoms with Gasteiger partial charge in [-0.3, -0.25) is 4.79 Å². The van der Waals surface area contributed by atoms with Crippen LogP contribution in [0, 0.1) is 11.8 Å². The topological polar surface area (TPSA) is 46.5 Å². The number of hydrogen-bond donors (Lipinski definition) is 1. The number of esters is 1. The van der Waals surface area contributed by atoms with Gasteiger partial charge >= 0.3 is 5.97 Å². The average molecular weight is 172 g/mol. The van der Waals surface area contributed by atoms with E-state index in [1.165, 1.54) is 0 Å². The first-order valence-corrected chi connectivity index (χ1v) is 4.46. The van der Waals surface area contributed by atoms with Gasteiger partial charge in [0.25, 0.3) is 0 Å². The first-order valence-electron chi connectivity index (χ1n) is 4.46. The second-order valence-corrected chi connectivity index (χ2v) is 3.52. The molecule has 1 aliphatic rings. The molecule has 70 valence electrons. The predicted molar refractivity (Wildman–Crippen MR) is 44.5 cm³/mol. The van der Waals surface area contributed by atoms with Gasteiger partial charge in [0, 0.05) is 5.92 Å². The molecule has 1 heterocycles. The molecule has 1 rings (SSSR count). The minimum atomic E-state index is -0.545. The molecule has 0 radical (unpaired) electrons. The summed E-state index contributed by atoms with van der Waals surface area (Å²) in [4.78, 5) is 11.1. The predicted octanol–water partition coefficient (Wildman–Crippen LogP) is 0.955. The van der Waals surface area contributed by atoms with E-state index in [0.29, 0.717) is 0 Å². The van der Waals surface area contributed by atoms with Crippen molar-refractivity contribution in [2.75, 3.05) is 0 Å². The van der Waals surface area contributed by atoms with Crippen molar-refractivity contribution in [3.05, 3.63) is 0 Å². The van der Waals surface area contributed by atoms with Crippen LogP contribution in [-0.2, 0) is 9.53 Å². The van der Waals surface area contributed by atoms with E-state index in [1.54, 1.807) is 6.92 Å². The molecule has 0 aliphatic carbocycles. The Morgan fingerprint density at radius 3 is 2.58 bits per heavy atom. The molecule has 1 fully saturated rings. The number of aliphatic hydroxyl groups is 1. The quantitative estimate of drug-likeness (QED) is 0.599. The number of carbonyl (C=O) groups is 1. The highest BCUT2D eigenvalue weighted by Gasteiger charge is 2.39. The van der Waals surface area contributed by atoms with Crippen LogP contribution < -0.4 is 0 Å². The molecule has 2 unspecified atom stereocenters. The van der Waals surface area contributed by atoms with E-state index in [9.17, 15) is 9.90 Å². The van der Waals surface area contributed by atoms with Crippen molar-refractivity contribution in [2.45, 2.75) is 39.4 Å². The van der Waals surface area contributed by atoms with Crippen LogP contribution in [0.4, 0.5) is 0 Å². The Balaban J connectivity index is 2.70. The molecule has 0 aromatic carbocycles. The van der Waals surface area contributed by atoms with Gasteiger partial charge in [-0.1, -0.05) is 13.8 Å². The third-order valence-electron chi connectivity index (χ3n) is 2.68. The lowest BCUT2D eigenvalue weighted by Crippen LogP contribution is -2.46.